The molecule has 172 valence electrons. The third kappa shape index (κ3) is 6.85. The topological polar surface area (TPSA) is 32.5 Å². The van der Waals surface area contributed by atoms with Gasteiger partial charge in [-0.15, -0.1) is 0 Å². The second-order valence-corrected chi connectivity index (χ2v) is 8.72. The maximum absolute atomic E-state index is 5.41. The van der Waals surface area contributed by atoms with Crippen LogP contribution in [0.2, 0.25) is 0 Å². The molecule has 1 unspecified atom stereocenters. The number of para-hydroxylation sites is 1. The Bertz CT molecular complexity index is 937. The molecule has 0 radical (unpaired) electrons. The van der Waals surface area contributed by atoms with Gasteiger partial charge in [0.2, 0.25) is 0 Å². The summed E-state index contributed by atoms with van der Waals surface area (Å²) < 4.78 is 1.15. The molecule has 3 nitrogen and oxygen atoms in total. The molecule has 0 bridgehead atoms. The van der Waals surface area contributed by atoms with Crippen molar-refractivity contribution in [3.05, 3.63) is 94.0 Å². The first-order valence-electron chi connectivity index (χ1n) is 11.6. The van der Waals surface area contributed by atoms with Crippen LogP contribution in [-0.2, 0) is 12.8 Å². The quantitative estimate of drug-likeness (QED) is 0.419. The monoisotopic (exact) mass is 495 g/mol. The van der Waals surface area contributed by atoms with Gasteiger partial charge in [0, 0.05) is 36.5 Å². The number of nitrogens with two attached hydrogens (primary N) is 1. The van der Waals surface area contributed by atoms with E-state index in [2.05, 4.69) is 101 Å². The van der Waals surface area contributed by atoms with Crippen molar-refractivity contribution in [1.82, 2.24) is 0 Å². The summed E-state index contributed by atoms with van der Waals surface area (Å²) >= 11 is 3.44. The molecule has 1 heterocycles. The minimum absolute atomic E-state index is 0.426. The predicted molar refractivity (Wildman–Crippen MR) is 145 cm³/mol. The molecule has 0 saturated heterocycles. The van der Waals surface area contributed by atoms with Crippen molar-refractivity contribution in [1.29, 1.82) is 0 Å². The molecular weight excluding hydrogens is 458 g/mol. The van der Waals surface area contributed by atoms with Crippen molar-refractivity contribution in [3.63, 3.8) is 0 Å². The van der Waals surface area contributed by atoms with Crippen molar-refractivity contribution >= 4 is 27.3 Å². The van der Waals surface area contributed by atoms with Gasteiger partial charge in [0.25, 0.3) is 0 Å². The van der Waals surface area contributed by atoms with Crippen molar-refractivity contribution in [2.75, 3.05) is 37.0 Å². The fourth-order valence-corrected chi connectivity index (χ4v) is 4.34. The average molecular weight is 497 g/mol. The van der Waals surface area contributed by atoms with Gasteiger partial charge in [0.05, 0.1) is 6.04 Å². The lowest BCUT2D eigenvalue weighted by Gasteiger charge is -2.28. The molecule has 2 N–H and O–H groups in total. The third-order valence-electron chi connectivity index (χ3n) is 5.65. The van der Waals surface area contributed by atoms with Gasteiger partial charge < -0.3 is 15.5 Å². The maximum Gasteiger partial charge on any atom is 0.0514 e. The normalized spacial score (nSPS) is 12.7. The molecule has 0 saturated carbocycles. The Morgan fingerprint density at radius 3 is 2.19 bits per heavy atom. The summed E-state index contributed by atoms with van der Waals surface area (Å²) in [5, 5.41) is 0. The van der Waals surface area contributed by atoms with Gasteiger partial charge >= 0.3 is 0 Å². The highest BCUT2D eigenvalue weighted by atomic mass is 79.9. The van der Waals surface area contributed by atoms with Crippen LogP contribution in [-0.4, -0.2) is 27.2 Å². The van der Waals surface area contributed by atoms with Gasteiger partial charge in [0.1, 0.15) is 0 Å². The molecule has 0 spiro atoms. The first-order chi connectivity index (χ1) is 15.5. The SMILES string of the molecule is CC.CC(c1ccc(N(C)C)cc1)N1CCc2ccccc21.NCCc1ccccc1Br. The van der Waals surface area contributed by atoms with E-state index in [1.165, 1.54) is 28.1 Å². The summed E-state index contributed by atoms with van der Waals surface area (Å²) in [5.41, 5.74) is 12.2. The molecule has 0 fully saturated rings. The van der Waals surface area contributed by atoms with Gasteiger partial charge in [-0.3, -0.25) is 0 Å². The molecule has 1 atom stereocenters. The highest BCUT2D eigenvalue weighted by Crippen LogP contribution is 2.35. The number of nitrogens with zero attached hydrogens (tertiary/aromatic N) is 2. The summed E-state index contributed by atoms with van der Waals surface area (Å²) in [4.78, 5) is 4.65. The Kier molecular flexibility index (Phi) is 10.8. The summed E-state index contributed by atoms with van der Waals surface area (Å²) in [6, 6.07) is 26.2. The van der Waals surface area contributed by atoms with E-state index >= 15 is 0 Å². The number of hydrogen-bond acceptors (Lipinski definition) is 3. The summed E-state index contributed by atoms with van der Waals surface area (Å²) in [5.74, 6) is 0. The van der Waals surface area contributed by atoms with Crippen LogP contribution in [0.15, 0.2) is 77.3 Å². The van der Waals surface area contributed by atoms with E-state index in [0.717, 1.165) is 23.9 Å². The van der Waals surface area contributed by atoms with Gasteiger partial charge in [-0.1, -0.05) is 78.3 Å². The zero-order valence-corrected chi connectivity index (χ0v) is 21.8. The highest BCUT2D eigenvalue weighted by Gasteiger charge is 2.23. The first-order valence-corrected chi connectivity index (χ1v) is 12.4. The summed E-state index contributed by atoms with van der Waals surface area (Å²) in [7, 11) is 4.16. The van der Waals surface area contributed by atoms with E-state index in [1.54, 1.807) is 0 Å². The predicted octanol–water partition coefficient (Wildman–Crippen LogP) is 6.85. The molecule has 0 aliphatic carbocycles. The molecule has 32 heavy (non-hydrogen) atoms. The lowest BCUT2D eigenvalue weighted by atomic mass is 10.1. The molecule has 0 aromatic heterocycles. The Hall–Kier alpha value is -2.30. The van der Waals surface area contributed by atoms with E-state index in [0.29, 0.717) is 12.6 Å². The van der Waals surface area contributed by atoms with Crippen LogP contribution in [0, 0.1) is 0 Å². The number of halogens is 1. The Balaban J connectivity index is 0.000000255. The number of rotatable bonds is 5. The van der Waals surface area contributed by atoms with E-state index < -0.39 is 0 Å². The second-order valence-electron chi connectivity index (χ2n) is 7.86. The molecule has 4 heteroatoms. The highest BCUT2D eigenvalue weighted by molar-refractivity contribution is 9.10. The van der Waals surface area contributed by atoms with Crippen LogP contribution < -0.4 is 15.5 Å². The number of hydrogen-bond donors (Lipinski definition) is 1. The standard InChI is InChI=1S/C18H22N2.C8H10BrN.C2H6/c1-14(15-8-10-17(11-9-15)19(2)3)20-13-12-16-6-4-5-7-18(16)20;9-8-4-2-1-3-7(8)5-6-10;1-2/h4-11,14H,12-13H2,1-3H3;1-4H,5-6,10H2;1-2H3. The molecule has 1 aliphatic rings. The zero-order chi connectivity index (χ0) is 23.5. The van der Waals surface area contributed by atoms with Crippen molar-refractivity contribution in [2.45, 2.75) is 39.7 Å². The smallest absolute Gasteiger partial charge is 0.0514 e. The van der Waals surface area contributed by atoms with Crippen LogP contribution >= 0.6 is 15.9 Å². The molecule has 3 aromatic rings. The van der Waals surface area contributed by atoms with Crippen molar-refractivity contribution in [2.24, 2.45) is 5.73 Å². The van der Waals surface area contributed by atoms with Crippen LogP contribution in [0.4, 0.5) is 11.4 Å². The Morgan fingerprint density at radius 1 is 0.938 bits per heavy atom. The van der Waals surface area contributed by atoms with Crippen LogP contribution in [0.25, 0.3) is 0 Å². The van der Waals surface area contributed by atoms with Crippen molar-refractivity contribution < 1.29 is 0 Å². The molecule has 0 amide bonds. The molecular formula is C28H38BrN3. The van der Waals surface area contributed by atoms with Gasteiger partial charge in [-0.05, 0) is 67.3 Å². The van der Waals surface area contributed by atoms with Crippen LogP contribution in [0.5, 0.6) is 0 Å². The molecule has 4 rings (SSSR count). The Labute approximate surface area is 203 Å². The van der Waals surface area contributed by atoms with Crippen LogP contribution in [0.1, 0.15) is 43.5 Å². The van der Waals surface area contributed by atoms with Gasteiger partial charge in [0.15, 0.2) is 0 Å². The van der Waals surface area contributed by atoms with E-state index in [9.17, 15) is 0 Å². The average Bonchev–Trinajstić information content (AvgIpc) is 3.26. The molecule has 3 aromatic carbocycles. The van der Waals surface area contributed by atoms with Gasteiger partial charge in [-0.25, -0.2) is 0 Å². The fraction of sp³-hybridized carbons (Fsp3) is 0.357. The molecule has 1 aliphatic heterocycles. The minimum Gasteiger partial charge on any atom is -0.378 e. The summed E-state index contributed by atoms with van der Waals surface area (Å²) in [6.07, 6.45) is 2.11. The second kappa shape index (κ2) is 13.3. The summed E-state index contributed by atoms with van der Waals surface area (Å²) in [6.45, 7) is 8.13. The van der Waals surface area contributed by atoms with Crippen molar-refractivity contribution in [3.8, 4) is 0 Å². The fourth-order valence-electron chi connectivity index (χ4n) is 3.85. The van der Waals surface area contributed by atoms with Crippen LogP contribution in [0.3, 0.4) is 0 Å². The minimum atomic E-state index is 0.426. The van der Waals surface area contributed by atoms with E-state index in [1.807, 2.05) is 32.0 Å². The van der Waals surface area contributed by atoms with Gasteiger partial charge in [-0.2, -0.15) is 0 Å². The van der Waals surface area contributed by atoms with E-state index in [-0.39, 0.29) is 0 Å². The number of anilines is 2. The first kappa shape index (κ1) is 26.0. The lowest BCUT2D eigenvalue weighted by Crippen LogP contribution is -2.24. The largest absolute Gasteiger partial charge is 0.378 e. The third-order valence-corrected chi connectivity index (χ3v) is 6.43. The maximum atomic E-state index is 5.41. The zero-order valence-electron chi connectivity index (χ0n) is 20.2. The number of benzene rings is 3. The van der Waals surface area contributed by atoms with E-state index in [4.69, 9.17) is 5.73 Å². The lowest BCUT2D eigenvalue weighted by molar-refractivity contribution is 0.696. The number of fused-ring (bicyclic) bond motifs is 1. The Morgan fingerprint density at radius 2 is 1.56 bits per heavy atom.